The monoisotopic (exact) mass is 326 g/mol. The van der Waals surface area contributed by atoms with Gasteiger partial charge in [0.25, 0.3) is 5.91 Å². The number of carbonyl (C=O) groups excluding carboxylic acids is 1. The molecule has 0 fully saturated rings. The van der Waals surface area contributed by atoms with E-state index in [1.165, 1.54) is 0 Å². The maximum atomic E-state index is 12.7. The summed E-state index contributed by atoms with van der Waals surface area (Å²) in [4.78, 5) is 23.0. The number of amides is 1. The third-order valence-corrected chi connectivity index (χ3v) is 3.60. The Hall–Kier alpha value is -2.80. The van der Waals surface area contributed by atoms with Crippen LogP contribution in [-0.4, -0.2) is 39.6 Å². The Morgan fingerprint density at radius 1 is 1.21 bits per heavy atom. The maximum Gasteiger partial charge on any atom is 0.272 e. The van der Waals surface area contributed by atoms with E-state index in [-0.39, 0.29) is 19.1 Å². The summed E-state index contributed by atoms with van der Waals surface area (Å²) in [5.74, 6) is 0.660. The molecule has 0 radical (unpaired) electrons. The third kappa shape index (κ3) is 3.41. The first-order chi connectivity index (χ1) is 11.7. The van der Waals surface area contributed by atoms with E-state index in [1.807, 2.05) is 37.3 Å². The first-order valence-corrected chi connectivity index (χ1v) is 7.66. The van der Waals surface area contributed by atoms with Crippen LogP contribution in [0.3, 0.4) is 0 Å². The number of fused-ring (bicyclic) bond motifs is 1. The zero-order valence-corrected chi connectivity index (χ0v) is 13.6. The zero-order chi connectivity index (χ0) is 16.9. The van der Waals surface area contributed by atoms with E-state index < -0.39 is 0 Å². The van der Waals surface area contributed by atoms with Crippen molar-refractivity contribution < 1.29 is 14.1 Å². The third-order valence-electron chi connectivity index (χ3n) is 3.60. The predicted octanol–water partition coefficient (Wildman–Crippen LogP) is 2.43. The highest BCUT2D eigenvalue weighted by Gasteiger charge is 2.19. The quantitative estimate of drug-likeness (QED) is 0.692. The smallest absolute Gasteiger partial charge is 0.272 e. The number of aromatic nitrogens is 3. The molecule has 0 spiro atoms. The lowest BCUT2D eigenvalue weighted by molar-refractivity contribution is 0.0729. The number of methoxy groups -OCH3 is 1. The largest absolute Gasteiger partial charge is 0.377 e. The molecule has 2 aromatic heterocycles. The molecule has 124 valence electrons. The normalized spacial score (nSPS) is 10.9. The molecule has 0 aliphatic rings. The van der Waals surface area contributed by atoms with Gasteiger partial charge in [-0.2, -0.15) is 4.98 Å². The summed E-state index contributed by atoms with van der Waals surface area (Å²) in [6.45, 7) is 2.91. The highest BCUT2D eigenvalue weighted by Crippen LogP contribution is 2.14. The lowest BCUT2D eigenvalue weighted by Crippen LogP contribution is -2.31. The van der Waals surface area contributed by atoms with Gasteiger partial charge in [0.15, 0.2) is 5.82 Å². The van der Waals surface area contributed by atoms with Crippen molar-refractivity contribution in [2.75, 3.05) is 13.7 Å². The van der Waals surface area contributed by atoms with Gasteiger partial charge in [-0.25, -0.2) is 4.98 Å². The number of para-hydroxylation sites is 1. The van der Waals surface area contributed by atoms with Crippen LogP contribution in [0, 0.1) is 0 Å². The van der Waals surface area contributed by atoms with Gasteiger partial charge in [0, 0.05) is 19.0 Å². The summed E-state index contributed by atoms with van der Waals surface area (Å²) < 4.78 is 10.1. The van der Waals surface area contributed by atoms with Crippen molar-refractivity contribution in [2.24, 2.45) is 0 Å². The topological polar surface area (TPSA) is 81.4 Å². The molecule has 7 heteroatoms. The number of benzene rings is 1. The van der Waals surface area contributed by atoms with Gasteiger partial charge >= 0.3 is 0 Å². The number of carbonyl (C=O) groups is 1. The van der Waals surface area contributed by atoms with E-state index in [0.29, 0.717) is 24.0 Å². The molecule has 2 heterocycles. The van der Waals surface area contributed by atoms with Crippen LogP contribution >= 0.6 is 0 Å². The number of hydrogen-bond donors (Lipinski definition) is 0. The minimum absolute atomic E-state index is 0.172. The summed E-state index contributed by atoms with van der Waals surface area (Å²) in [5, 5.41) is 4.80. The number of ether oxygens (including phenoxy) is 1. The minimum atomic E-state index is -0.172. The molecular formula is C17H18N4O3. The van der Waals surface area contributed by atoms with Crippen LogP contribution in [-0.2, 0) is 17.9 Å². The van der Waals surface area contributed by atoms with Crippen LogP contribution < -0.4 is 0 Å². The van der Waals surface area contributed by atoms with E-state index in [4.69, 9.17) is 9.26 Å². The van der Waals surface area contributed by atoms with Gasteiger partial charge in [0.2, 0.25) is 5.89 Å². The van der Waals surface area contributed by atoms with Crippen molar-refractivity contribution >= 4 is 16.8 Å². The van der Waals surface area contributed by atoms with Gasteiger partial charge in [-0.1, -0.05) is 29.4 Å². The van der Waals surface area contributed by atoms with Crippen molar-refractivity contribution in [1.29, 1.82) is 0 Å². The molecule has 1 aromatic carbocycles. The Labute approximate surface area is 139 Å². The Morgan fingerprint density at radius 3 is 2.83 bits per heavy atom. The van der Waals surface area contributed by atoms with Crippen LogP contribution in [0.25, 0.3) is 10.9 Å². The SMILES string of the molecule is CCN(Cc1nc(COC)no1)C(=O)c1ccc2ccccc2n1. The molecule has 0 N–H and O–H groups in total. The van der Waals surface area contributed by atoms with E-state index in [1.54, 1.807) is 18.1 Å². The molecule has 0 unspecified atom stereocenters. The van der Waals surface area contributed by atoms with Gasteiger partial charge in [-0.05, 0) is 19.1 Å². The number of nitrogens with zero attached hydrogens (tertiary/aromatic N) is 4. The highest BCUT2D eigenvalue weighted by atomic mass is 16.5. The van der Waals surface area contributed by atoms with E-state index in [0.717, 1.165) is 10.9 Å². The average Bonchev–Trinajstić information content (AvgIpc) is 3.06. The Morgan fingerprint density at radius 2 is 2.04 bits per heavy atom. The standard InChI is InChI=1S/C17H18N4O3/c1-3-21(10-16-19-15(11-23-2)20-24-16)17(22)14-9-8-12-6-4-5-7-13(12)18-14/h4-9H,3,10-11H2,1-2H3. The first-order valence-electron chi connectivity index (χ1n) is 7.66. The fourth-order valence-corrected chi connectivity index (χ4v) is 2.38. The maximum absolute atomic E-state index is 12.7. The van der Waals surface area contributed by atoms with Crippen LogP contribution in [0.1, 0.15) is 29.1 Å². The summed E-state index contributed by atoms with van der Waals surface area (Å²) in [6.07, 6.45) is 0. The fraction of sp³-hybridized carbons (Fsp3) is 0.294. The summed E-state index contributed by atoms with van der Waals surface area (Å²) in [5.41, 5.74) is 1.19. The van der Waals surface area contributed by atoms with Crippen molar-refractivity contribution in [3.8, 4) is 0 Å². The Balaban J connectivity index is 1.79. The van der Waals surface area contributed by atoms with E-state index in [2.05, 4.69) is 15.1 Å². The molecule has 0 aliphatic heterocycles. The number of hydrogen-bond acceptors (Lipinski definition) is 6. The highest BCUT2D eigenvalue weighted by molar-refractivity contribution is 5.94. The van der Waals surface area contributed by atoms with Gasteiger partial charge < -0.3 is 14.2 Å². The fourth-order valence-electron chi connectivity index (χ4n) is 2.38. The van der Waals surface area contributed by atoms with Gasteiger partial charge in [-0.15, -0.1) is 0 Å². The molecule has 24 heavy (non-hydrogen) atoms. The molecular weight excluding hydrogens is 308 g/mol. The van der Waals surface area contributed by atoms with Crippen molar-refractivity contribution in [3.05, 3.63) is 53.8 Å². The molecule has 0 saturated carbocycles. The predicted molar refractivity (Wildman–Crippen MR) is 87.2 cm³/mol. The Kier molecular flexibility index (Phi) is 4.81. The molecule has 0 atom stereocenters. The molecule has 0 aliphatic carbocycles. The lowest BCUT2D eigenvalue weighted by atomic mass is 10.2. The molecule has 0 saturated heterocycles. The molecule has 7 nitrogen and oxygen atoms in total. The van der Waals surface area contributed by atoms with Crippen molar-refractivity contribution in [3.63, 3.8) is 0 Å². The molecule has 1 amide bonds. The lowest BCUT2D eigenvalue weighted by Gasteiger charge is -2.18. The second-order valence-electron chi connectivity index (χ2n) is 5.25. The molecule has 3 rings (SSSR count). The van der Waals surface area contributed by atoms with Crippen molar-refractivity contribution in [2.45, 2.75) is 20.1 Å². The average molecular weight is 326 g/mol. The van der Waals surface area contributed by atoms with Crippen LogP contribution in [0.4, 0.5) is 0 Å². The van der Waals surface area contributed by atoms with Gasteiger partial charge in [-0.3, -0.25) is 4.79 Å². The summed E-state index contributed by atoms with van der Waals surface area (Å²) in [7, 11) is 1.56. The van der Waals surface area contributed by atoms with Gasteiger partial charge in [0.05, 0.1) is 5.52 Å². The minimum Gasteiger partial charge on any atom is -0.377 e. The molecule has 3 aromatic rings. The number of pyridine rings is 1. The van der Waals surface area contributed by atoms with E-state index in [9.17, 15) is 4.79 Å². The van der Waals surface area contributed by atoms with Gasteiger partial charge in [0.1, 0.15) is 18.8 Å². The first kappa shape index (κ1) is 16.1. The van der Waals surface area contributed by atoms with Crippen LogP contribution in [0.15, 0.2) is 40.9 Å². The van der Waals surface area contributed by atoms with Crippen molar-refractivity contribution in [1.82, 2.24) is 20.0 Å². The second kappa shape index (κ2) is 7.18. The number of rotatable bonds is 6. The van der Waals surface area contributed by atoms with Crippen LogP contribution in [0.5, 0.6) is 0 Å². The van der Waals surface area contributed by atoms with Crippen LogP contribution in [0.2, 0.25) is 0 Å². The van der Waals surface area contributed by atoms with E-state index >= 15 is 0 Å². The summed E-state index contributed by atoms with van der Waals surface area (Å²) >= 11 is 0. The summed E-state index contributed by atoms with van der Waals surface area (Å²) in [6, 6.07) is 11.3. The zero-order valence-electron chi connectivity index (χ0n) is 13.6. The second-order valence-corrected chi connectivity index (χ2v) is 5.25. The molecule has 0 bridgehead atoms. The Bertz CT molecular complexity index is 846.